The summed E-state index contributed by atoms with van der Waals surface area (Å²) in [5.74, 6) is 0.0336. The second-order valence-corrected chi connectivity index (χ2v) is 10.7. The van der Waals surface area contributed by atoms with E-state index < -0.39 is 28.1 Å². The average Bonchev–Trinajstić information content (AvgIpc) is 2.78. The van der Waals surface area contributed by atoms with Crippen molar-refractivity contribution in [2.45, 2.75) is 45.3 Å². The molecule has 0 radical (unpaired) electrons. The first-order valence-corrected chi connectivity index (χ1v) is 13.2. The molecule has 0 saturated carbocycles. The number of nitrogens with zero attached hydrogens (tertiary/aromatic N) is 2. The summed E-state index contributed by atoms with van der Waals surface area (Å²) in [5, 5.41) is 2.71. The highest BCUT2D eigenvalue weighted by Crippen LogP contribution is 2.36. The minimum atomic E-state index is -3.76. The average molecular weight is 498 g/mol. The largest absolute Gasteiger partial charge is 0.482 e. The summed E-state index contributed by atoms with van der Waals surface area (Å²) in [5.41, 5.74) is 0.261. The molecule has 1 fully saturated rings. The second kappa shape index (κ2) is 11.5. The minimum Gasteiger partial charge on any atom is -0.482 e. The van der Waals surface area contributed by atoms with E-state index in [-0.39, 0.29) is 42.1 Å². The van der Waals surface area contributed by atoms with Crippen LogP contribution in [0.3, 0.4) is 0 Å². The molecule has 0 unspecified atom stereocenters. The van der Waals surface area contributed by atoms with Crippen LogP contribution in [0.4, 0.5) is 5.69 Å². The highest BCUT2D eigenvalue weighted by molar-refractivity contribution is 7.89. The molecule has 0 bridgehead atoms. The standard InChI is InChI=1S/C23H35N3O7S/c1-5-31-23(32-6-2)11-24-21(27)14-26-19-10-18(7-8-20(19)33-15-22(26)28)34(29,30)25-12-16(3)9-17(4)13-25/h7-8,10,16-17,23H,5-6,9,11-15H2,1-4H3,(H,24,27)/t16-,17-/m0/s1. The first kappa shape index (κ1) is 26.4. The van der Waals surface area contributed by atoms with Crippen molar-refractivity contribution in [3.63, 3.8) is 0 Å². The van der Waals surface area contributed by atoms with Crippen molar-refractivity contribution < 1.29 is 32.2 Å². The number of fused-ring (bicyclic) bond motifs is 1. The summed E-state index contributed by atoms with van der Waals surface area (Å²) >= 11 is 0. The van der Waals surface area contributed by atoms with Gasteiger partial charge in [0.1, 0.15) is 12.3 Å². The SMILES string of the molecule is CCOC(CNC(=O)CN1C(=O)COc2ccc(S(=O)(=O)N3C[C@@H](C)C[C@H](C)C3)cc21)OCC. The van der Waals surface area contributed by atoms with E-state index in [2.05, 4.69) is 5.32 Å². The molecule has 3 rings (SSSR count). The third-order valence-electron chi connectivity index (χ3n) is 5.82. The fourth-order valence-corrected chi connectivity index (χ4v) is 6.10. The lowest BCUT2D eigenvalue weighted by Crippen LogP contribution is -2.47. The van der Waals surface area contributed by atoms with Crippen LogP contribution < -0.4 is 15.0 Å². The number of benzene rings is 1. The fraction of sp³-hybridized carbons (Fsp3) is 0.652. The van der Waals surface area contributed by atoms with Crippen molar-refractivity contribution in [2.75, 3.05) is 50.9 Å². The molecule has 2 aliphatic heterocycles. The summed E-state index contributed by atoms with van der Waals surface area (Å²) in [7, 11) is -3.76. The van der Waals surface area contributed by atoms with Crippen LogP contribution in [0.1, 0.15) is 34.1 Å². The van der Waals surface area contributed by atoms with Crippen LogP contribution in [-0.4, -0.2) is 76.8 Å². The summed E-state index contributed by atoms with van der Waals surface area (Å²) in [6.07, 6.45) is 0.396. The second-order valence-electron chi connectivity index (χ2n) is 8.81. The Labute approximate surface area is 201 Å². The number of rotatable bonds is 10. The number of ether oxygens (including phenoxy) is 3. The van der Waals surface area contributed by atoms with Crippen molar-refractivity contribution in [1.29, 1.82) is 0 Å². The molecule has 2 heterocycles. The number of sulfonamides is 1. The van der Waals surface area contributed by atoms with Crippen LogP contribution >= 0.6 is 0 Å². The summed E-state index contributed by atoms with van der Waals surface area (Å²) in [4.78, 5) is 26.5. The van der Waals surface area contributed by atoms with Crippen LogP contribution in [-0.2, 0) is 29.1 Å². The summed E-state index contributed by atoms with van der Waals surface area (Å²) in [6.45, 7) is 9.13. The van der Waals surface area contributed by atoms with Gasteiger partial charge in [-0.25, -0.2) is 8.42 Å². The normalized spacial score (nSPS) is 21.3. The number of anilines is 1. The number of carbonyl (C=O) groups excluding carboxylic acids is 2. The van der Waals surface area contributed by atoms with Gasteiger partial charge < -0.3 is 19.5 Å². The molecule has 10 nitrogen and oxygen atoms in total. The predicted molar refractivity (Wildman–Crippen MR) is 126 cm³/mol. The molecule has 0 spiro atoms. The molecule has 1 saturated heterocycles. The third kappa shape index (κ3) is 6.26. The molecule has 1 aromatic carbocycles. The number of hydrogen-bond donors (Lipinski definition) is 1. The van der Waals surface area contributed by atoms with E-state index in [4.69, 9.17) is 14.2 Å². The van der Waals surface area contributed by atoms with Gasteiger partial charge in [-0.05, 0) is 50.3 Å². The zero-order valence-electron chi connectivity index (χ0n) is 20.3. The number of piperidine rings is 1. The molecular weight excluding hydrogens is 462 g/mol. The molecule has 0 aliphatic carbocycles. The fourth-order valence-electron chi connectivity index (χ4n) is 4.40. The highest BCUT2D eigenvalue weighted by atomic mass is 32.2. The maximum absolute atomic E-state index is 13.3. The van der Waals surface area contributed by atoms with Crippen molar-refractivity contribution in [2.24, 2.45) is 11.8 Å². The maximum Gasteiger partial charge on any atom is 0.265 e. The number of hydrogen-bond acceptors (Lipinski definition) is 7. The van der Waals surface area contributed by atoms with Gasteiger partial charge in [-0.2, -0.15) is 4.31 Å². The summed E-state index contributed by atoms with van der Waals surface area (Å²) in [6, 6.07) is 4.44. The van der Waals surface area contributed by atoms with E-state index in [1.165, 1.54) is 27.4 Å². The monoisotopic (exact) mass is 497 g/mol. The Balaban J connectivity index is 1.78. The van der Waals surface area contributed by atoms with Crippen LogP contribution in [0.15, 0.2) is 23.1 Å². The van der Waals surface area contributed by atoms with Gasteiger partial charge in [0.2, 0.25) is 15.9 Å². The van der Waals surface area contributed by atoms with Crippen molar-refractivity contribution in [3.8, 4) is 5.75 Å². The topological polar surface area (TPSA) is 114 Å². The first-order valence-electron chi connectivity index (χ1n) is 11.7. The zero-order chi connectivity index (χ0) is 24.9. The van der Waals surface area contributed by atoms with Gasteiger partial charge in [0.05, 0.1) is 17.1 Å². The van der Waals surface area contributed by atoms with Gasteiger partial charge in [-0.15, -0.1) is 0 Å². The number of carbonyl (C=O) groups is 2. The molecule has 2 amide bonds. The Morgan fingerprint density at radius 2 is 1.82 bits per heavy atom. The Morgan fingerprint density at radius 3 is 2.44 bits per heavy atom. The molecule has 1 aromatic rings. The van der Waals surface area contributed by atoms with Gasteiger partial charge in [0.15, 0.2) is 12.9 Å². The number of nitrogens with one attached hydrogen (secondary N) is 1. The lowest BCUT2D eigenvalue weighted by atomic mass is 9.94. The van der Waals surface area contributed by atoms with Gasteiger partial charge in [-0.1, -0.05) is 13.8 Å². The van der Waals surface area contributed by atoms with Crippen LogP contribution in [0.25, 0.3) is 0 Å². The Bertz CT molecular complexity index is 969. The lowest BCUT2D eigenvalue weighted by molar-refractivity contribution is -0.140. The van der Waals surface area contributed by atoms with E-state index in [0.29, 0.717) is 32.1 Å². The van der Waals surface area contributed by atoms with E-state index in [9.17, 15) is 18.0 Å². The predicted octanol–water partition coefficient (Wildman–Crippen LogP) is 1.59. The van der Waals surface area contributed by atoms with E-state index >= 15 is 0 Å². The molecule has 190 valence electrons. The number of amides is 2. The Kier molecular flexibility index (Phi) is 8.91. The summed E-state index contributed by atoms with van der Waals surface area (Å²) < 4.78 is 44.5. The molecular formula is C23H35N3O7S. The Hall–Kier alpha value is -2.21. The molecule has 0 aromatic heterocycles. The first-order chi connectivity index (χ1) is 16.1. The molecule has 34 heavy (non-hydrogen) atoms. The molecule has 2 atom stereocenters. The molecule has 11 heteroatoms. The Morgan fingerprint density at radius 1 is 1.18 bits per heavy atom. The van der Waals surface area contributed by atoms with Crippen molar-refractivity contribution in [1.82, 2.24) is 9.62 Å². The van der Waals surface area contributed by atoms with Gasteiger partial charge in [0, 0.05) is 26.3 Å². The van der Waals surface area contributed by atoms with Crippen molar-refractivity contribution in [3.05, 3.63) is 18.2 Å². The van der Waals surface area contributed by atoms with Gasteiger partial charge in [0.25, 0.3) is 5.91 Å². The van der Waals surface area contributed by atoms with Crippen LogP contribution in [0.5, 0.6) is 5.75 Å². The quantitative estimate of drug-likeness (QED) is 0.488. The third-order valence-corrected chi connectivity index (χ3v) is 7.65. The maximum atomic E-state index is 13.3. The minimum absolute atomic E-state index is 0.0732. The highest BCUT2D eigenvalue weighted by Gasteiger charge is 2.34. The van der Waals surface area contributed by atoms with E-state index in [1.54, 1.807) is 0 Å². The molecule has 1 N–H and O–H groups in total. The zero-order valence-corrected chi connectivity index (χ0v) is 21.1. The van der Waals surface area contributed by atoms with Gasteiger partial charge in [-0.3, -0.25) is 14.5 Å². The van der Waals surface area contributed by atoms with Crippen molar-refractivity contribution >= 4 is 27.5 Å². The van der Waals surface area contributed by atoms with E-state index in [0.717, 1.165) is 6.42 Å². The van der Waals surface area contributed by atoms with Crippen LogP contribution in [0, 0.1) is 11.8 Å². The van der Waals surface area contributed by atoms with Crippen LogP contribution in [0.2, 0.25) is 0 Å². The van der Waals surface area contributed by atoms with Gasteiger partial charge >= 0.3 is 0 Å². The lowest BCUT2D eigenvalue weighted by Gasteiger charge is -2.34. The molecule has 2 aliphatic rings. The smallest absolute Gasteiger partial charge is 0.265 e. The van der Waals surface area contributed by atoms with E-state index in [1.807, 2.05) is 27.7 Å².